The van der Waals surface area contributed by atoms with Crippen LogP contribution in [-0.2, 0) is 4.79 Å². The molecule has 1 aromatic carbocycles. The molecule has 1 amide bonds. The topological polar surface area (TPSA) is 64.3 Å². The molecule has 0 radical (unpaired) electrons. The van der Waals surface area contributed by atoms with Gasteiger partial charge in [-0.25, -0.2) is 4.39 Å². The Morgan fingerprint density at radius 2 is 2.33 bits per heavy atom. The van der Waals surface area contributed by atoms with Crippen LogP contribution in [0.5, 0.6) is 5.75 Å². The third-order valence-corrected chi connectivity index (χ3v) is 3.04. The highest BCUT2D eigenvalue weighted by Crippen LogP contribution is 2.25. The Balaban J connectivity index is 2.69. The third-order valence-electron chi connectivity index (χ3n) is 2.39. The van der Waals surface area contributed by atoms with Gasteiger partial charge in [0.05, 0.1) is 18.8 Å². The third kappa shape index (κ3) is 4.19. The van der Waals surface area contributed by atoms with E-state index in [1.165, 1.54) is 25.3 Å². The first-order chi connectivity index (χ1) is 8.58. The van der Waals surface area contributed by atoms with Crippen LogP contribution in [0.15, 0.2) is 18.2 Å². The van der Waals surface area contributed by atoms with E-state index < -0.39 is 11.9 Å². The van der Waals surface area contributed by atoms with Crippen molar-refractivity contribution in [1.82, 2.24) is 0 Å². The zero-order valence-corrected chi connectivity index (χ0v) is 11.2. The fourth-order valence-corrected chi connectivity index (χ4v) is 1.86. The second-order valence-corrected chi connectivity index (χ2v) is 4.71. The Kier molecular flexibility index (Phi) is 5.94. The normalized spacial score (nSPS) is 12.0. The van der Waals surface area contributed by atoms with E-state index in [2.05, 4.69) is 5.32 Å². The molecule has 0 fully saturated rings. The molecule has 18 heavy (non-hydrogen) atoms. The summed E-state index contributed by atoms with van der Waals surface area (Å²) >= 11 is 1.63. The van der Waals surface area contributed by atoms with Gasteiger partial charge in [0.25, 0.3) is 0 Å². The second-order valence-electron chi connectivity index (χ2n) is 3.72. The van der Waals surface area contributed by atoms with Crippen LogP contribution < -0.4 is 15.8 Å². The summed E-state index contributed by atoms with van der Waals surface area (Å²) in [5.74, 6) is 0.376. The minimum Gasteiger partial charge on any atom is -0.494 e. The standard InChI is InChI=1S/C12H17FN2O2S/c1-17-11-7-8(13)3-4-10(11)15-12(16)9(14)5-6-18-2/h3-4,7,9H,5-6,14H2,1-2H3,(H,15,16)/t9-/m0/s1. The molecule has 0 spiro atoms. The van der Waals surface area contributed by atoms with Crippen molar-refractivity contribution in [3.8, 4) is 5.75 Å². The number of amides is 1. The molecule has 0 saturated heterocycles. The summed E-state index contributed by atoms with van der Waals surface area (Å²) in [4.78, 5) is 11.8. The summed E-state index contributed by atoms with van der Waals surface area (Å²) in [6.45, 7) is 0. The number of rotatable bonds is 6. The monoisotopic (exact) mass is 272 g/mol. The zero-order chi connectivity index (χ0) is 13.5. The summed E-state index contributed by atoms with van der Waals surface area (Å²) in [7, 11) is 1.41. The quantitative estimate of drug-likeness (QED) is 0.829. The highest BCUT2D eigenvalue weighted by molar-refractivity contribution is 7.98. The number of benzene rings is 1. The molecule has 0 heterocycles. The van der Waals surface area contributed by atoms with Crippen molar-refractivity contribution in [3.05, 3.63) is 24.0 Å². The molecule has 0 unspecified atom stereocenters. The number of ether oxygens (including phenoxy) is 1. The van der Waals surface area contributed by atoms with Gasteiger partial charge < -0.3 is 15.8 Å². The van der Waals surface area contributed by atoms with Crippen LogP contribution in [0, 0.1) is 5.82 Å². The van der Waals surface area contributed by atoms with Gasteiger partial charge in [0.15, 0.2) is 0 Å². The first-order valence-electron chi connectivity index (χ1n) is 5.47. The minimum atomic E-state index is -0.577. The van der Waals surface area contributed by atoms with E-state index in [9.17, 15) is 9.18 Å². The zero-order valence-electron chi connectivity index (χ0n) is 10.4. The van der Waals surface area contributed by atoms with Crippen molar-refractivity contribution in [2.45, 2.75) is 12.5 Å². The predicted octanol–water partition coefficient (Wildman–Crippen LogP) is 1.85. The highest BCUT2D eigenvalue weighted by atomic mass is 32.2. The van der Waals surface area contributed by atoms with E-state index in [0.717, 1.165) is 5.75 Å². The summed E-state index contributed by atoms with van der Waals surface area (Å²) in [6.07, 6.45) is 2.55. The molecule has 1 aromatic rings. The second kappa shape index (κ2) is 7.23. The lowest BCUT2D eigenvalue weighted by atomic mass is 10.2. The van der Waals surface area contributed by atoms with Crippen molar-refractivity contribution >= 4 is 23.4 Å². The van der Waals surface area contributed by atoms with Crippen molar-refractivity contribution in [3.63, 3.8) is 0 Å². The minimum absolute atomic E-state index is 0.278. The van der Waals surface area contributed by atoms with Gasteiger partial charge in [0, 0.05) is 6.07 Å². The summed E-state index contributed by atoms with van der Waals surface area (Å²) < 4.78 is 18.0. The molecule has 0 aliphatic carbocycles. The van der Waals surface area contributed by atoms with Gasteiger partial charge in [0.1, 0.15) is 11.6 Å². The van der Waals surface area contributed by atoms with Gasteiger partial charge in [-0.2, -0.15) is 11.8 Å². The van der Waals surface area contributed by atoms with E-state index in [1.54, 1.807) is 11.8 Å². The van der Waals surface area contributed by atoms with Crippen LogP contribution in [0.4, 0.5) is 10.1 Å². The molecule has 4 nitrogen and oxygen atoms in total. The van der Waals surface area contributed by atoms with Crippen molar-refractivity contribution in [1.29, 1.82) is 0 Å². The fraction of sp³-hybridized carbons (Fsp3) is 0.417. The summed E-state index contributed by atoms with van der Waals surface area (Å²) in [5, 5.41) is 2.63. The number of hydrogen-bond acceptors (Lipinski definition) is 4. The van der Waals surface area contributed by atoms with Crippen LogP contribution in [0.3, 0.4) is 0 Å². The molecule has 0 bridgehead atoms. The van der Waals surface area contributed by atoms with Crippen molar-refractivity contribution < 1.29 is 13.9 Å². The first kappa shape index (κ1) is 14.8. The Bertz CT molecular complexity index is 415. The van der Waals surface area contributed by atoms with Gasteiger partial charge in [-0.15, -0.1) is 0 Å². The average molecular weight is 272 g/mol. The number of anilines is 1. The Hall–Kier alpha value is -1.27. The number of nitrogens with one attached hydrogen (secondary N) is 1. The molecule has 0 saturated carbocycles. The van der Waals surface area contributed by atoms with Gasteiger partial charge in [-0.05, 0) is 30.6 Å². The van der Waals surface area contributed by atoms with E-state index in [4.69, 9.17) is 10.5 Å². The molecule has 100 valence electrons. The predicted molar refractivity (Wildman–Crippen MR) is 72.6 cm³/mol. The molecule has 0 aromatic heterocycles. The van der Waals surface area contributed by atoms with Crippen molar-refractivity contribution in [2.24, 2.45) is 5.73 Å². The number of carbonyl (C=O) groups excluding carboxylic acids is 1. The smallest absolute Gasteiger partial charge is 0.241 e. The van der Waals surface area contributed by atoms with E-state index in [1.807, 2.05) is 6.26 Å². The maximum atomic E-state index is 13.0. The summed E-state index contributed by atoms with van der Waals surface area (Å²) in [5.41, 5.74) is 6.15. The van der Waals surface area contributed by atoms with Gasteiger partial charge in [-0.3, -0.25) is 4.79 Å². The molecule has 0 aliphatic rings. The molecular formula is C12H17FN2O2S. The highest BCUT2D eigenvalue weighted by Gasteiger charge is 2.15. The Labute approximate surface area is 110 Å². The SMILES string of the molecule is COc1cc(F)ccc1NC(=O)[C@@H](N)CCSC. The van der Waals surface area contributed by atoms with Crippen LogP contribution in [0.2, 0.25) is 0 Å². The van der Waals surface area contributed by atoms with Gasteiger partial charge in [-0.1, -0.05) is 0 Å². The summed E-state index contributed by atoms with van der Waals surface area (Å²) in [6, 6.07) is 3.34. The Morgan fingerprint density at radius 3 is 2.94 bits per heavy atom. The number of halogens is 1. The molecule has 6 heteroatoms. The Morgan fingerprint density at radius 1 is 1.61 bits per heavy atom. The van der Waals surface area contributed by atoms with Gasteiger partial charge >= 0.3 is 0 Å². The van der Waals surface area contributed by atoms with Crippen LogP contribution in [0.25, 0.3) is 0 Å². The van der Waals surface area contributed by atoms with Crippen LogP contribution in [0.1, 0.15) is 6.42 Å². The van der Waals surface area contributed by atoms with Gasteiger partial charge in [0.2, 0.25) is 5.91 Å². The van der Waals surface area contributed by atoms with E-state index in [0.29, 0.717) is 12.1 Å². The lowest BCUT2D eigenvalue weighted by molar-refractivity contribution is -0.117. The fourth-order valence-electron chi connectivity index (χ4n) is 1.37. The molecular weight excluding hydrogens is 255 g/mol. The van der Waals surface area contributed by atoms with Crippen LogP contribution >= 0.6 is 11.8 Å². The number of nitrogens with two attached hydrogens (primary N) is 1. The van der Waals surface area contributed by atoms with E-state index >= 15 is 0 Å². The average Bonchev–Trinajstić information content (AvgIpc) is 2.37. The largest absolute Gasteiger partial charge is 0.494 e. The number of carbonyl (C=O) groups is 1. The number of thioether (sulfide) groups is 1. The number of methoxy groups -OCH3 is 1. The molecule has 1 atom stereocenters. The molecule has 3 N–H and O–H groups in total. The lowest BCUT2D eigenvalue weighted by Crippen LogP contribution is -2.36. The van der Waals surface area contributed by atoms with Crippen LogP contribution in [-0.4, -0.2) is 31.1 Å². The maximum Gasteiger partial charge on any atom is 0.241 e. The van der Waals surface area contributed by atoms with Crippen molar-refractivity contribution in [2.75, 3.05) is 24.4 Å². The molecule has 1 rings (SSSR count). The molecule has 0 aliphatic heterocycles. The van der Waals surface area contributed by atoms with E-state index in [-0.39, 0.29) is 11.7 Å². The number of hydrogen-bond donors (Lipinski definition) is 2. The maximum absolute atomic E-state index is 13.0. The first-order valence-corrected chi connectivity index (χ1v) is 6.86. The lowest BCUT2D eigenvalue weighted by Gasteiger charge is -2.14.